The van der Waals surface area contributed by atoms with Crippen molar-refractivity contribution in [1.82, 2.24) is 5.32 Å². The third-order valence-electron chi connectivity index (χ3n) is 2.37. The molecule has 62 valence electrons. The fourth-order valence-corrected chi connectivity index (χ4v) is 1.15. The summed E-state index contributed by atoms with van der Waals surface area (Å²) >= 11 is 0. The number of nitrogens with one attached hydrogen (secondary N) is 1. The Hall–Kier alpha value is -0.480. The third kappa shape index (κ3) is 2.95. The van der Waals surface area contributed by atoms with Gasteiger partial charge >= 0.3 is 0 Å². The van der Waals surface area contributed by atoms with Crippen LogP contribution >= 0.6 is 0 Å². The Kier molecular flexibility index (Phi) is 2.96. The number of terminal acetylenes is 1. The molecule has 0 heterocycles. The minimum absolute atomic E-state index is 0.582. The van der Waals surface area contributed by atoms with Crippen molar-refractivity contribution in [3.63, 3.8) is 0 Å². The maximum absolute atomic E-state index is 5.24. The molecule has 0 aromatic rings. The van der Waals surface area contributed by atoms with E-state index >= 15 is 0 Å². The minimum Gasteiger partial charge on any atom is -0.311 e. The third-order valence-corrected chi connectivity index (χ3v) is 2.37. The lowest BCUT2D eigenvalue weighted by atomic mass is 10.0. The Labute approximate surface area is 69.6 Å². The first-order chi connectivity index (χ1) is 5.24. The molecule has 1 N–H and O–H groups in total. The van der Waals surface area contributed by atoms with E-state index in [1.165, 1.54) is 12.8 Å². The first kappa shape index (κ1) is 8.62. The van der Waals surface area contributed by atoms with Crippen LogP contribution in [0.2, 0.25) is 0 Å². The Morgan fingerprint density at radius 3 is 2.64 bits per heavy atom. The second-order valence-electron chi connectivity index (χ2n) is 3.62. The van der Waals surface area contributed by atoms with Gasteiger partial charge in [0.05, 0.1) is 0 Å². The van der Waals surface area contributed by atoms with Gasteiger partial charge in [0.1, 0.15) is 0 Å². The van der Waals surface area contributed by atoms with Gasteiger partial charge in [-0.25, -0.2) is 0 Å². The molecule has 2 unspecified atom stereocenters. The predicted molar refractivity (Wildman–Crippen MR) is 48.2 cm³/mol. The van der Waals surface area contributed by atoms with E-state index < -0.39 is 0 Å². The zero-order chi connectivity index (χ0) is 8.27. The number of hydrogen-bond acceptors (Lipinski definition) is 1. The van der Waals surface area contributed by atoms with Crippen molar-refractivity contribution in [3.05, 3.63) is 0 Å². The van der Waals surface area contributed by atoms with Crippen molar-refractivity contribution in [2.24, 2.45) is 5.92 Å². The van der Waals surface area contributed by atoms with E-state index in [0.29, 0.717) is 12.0 Å². The fraction of sp³-hybridized carbons (Fsp3) is 0.800. The topological polar surface area (TPSA) is 12.0 Å². The zero-order valence-electron chi connectivity index (χ0n) is 7.43. The molecule has 1 nitrogen and oxygen atoms in total. The molecule has 0 aromatic heterocycles. The molecule has 1 heteroatoms. The minimum atomic E-state index is 0.582. The van der Waals surface area contributed by atoms with Crippen molar-refractivity contribution >= 4 is 0 Å². The van der Waals surface area contributed by atoms with Gasteiger partial charge in [0.15, 0.2) is 0 Å². The summed E-state index contributed by atoms with van der Waals surface area (Å²) in [5.74, 6) is 3.31. The molecule has 1 rings (SSSR count). The highest BCUT2D eigenvalue weighted by Crippen LogP contribution is 2.21. The summed E-state index contributed by atoms with van der Waals surface area (Å²) in [5, 5.41) is 3.54. The lowest BCUT2D eigenvalue weighted by molar-refractivity contribution is 0.404. The summed E-state index contributed by atoms with van der Waals surface area (Å²) < 4.78 is 0. The number of rotatable bonds is 4. The van der Waals surface area contributed by atoms with Crippen molar-refractivity contribution in [2.75, 3.05) is 0 Å². The van der Waals surface area contributed by atoms with Crippen LogP contribution in [0.15, 0.2) is 0 Å². The van der Waals surface area contributed by atoms with E-state index in [4.69, 9.17) is 6.42 Å². The van der Waals surface area contributed by atoms with Gasteiger partial charge in [0.25, 0.3) is 0 Å². The second kappa shape index (κ2) is 3.78. The van der Waals surface area contributed by atoms with Crippen LogP contribution in [-0.2, 0) is 0 Å². The molecule has 0 radical (unpaired) electrons. The van der Waals surface area contributed by atoms with Crippen LogP contribution in [0.3, 0.4) is 0 Å². The quantitative estimate of drug-likeness (QED) is 0.604. The van der Waals surface area contributed by atoms with Gasteiger partial charge in [-0.05, 0) is 25.7 Å². The smallest absolute Gasteiger partial charge is 0.0126 e. The summed E-state index contributed by atoms with van der Waals surface area (Å²) in [4.78, 5) is 0. The molecule has 11 heavy (non-hydrogen) atoms. The van der Waals surface area contributed by atoms with E-state index in [0.717, 1.165) is 12.5 Å². The van der Waals surface area contributed by atoms with E-state index in [-0.39, 0.29) is 0 Å². The van der Waals surface area contributed by atoms with Crippen molar-refractivity contribution in [1.29, 1.82) is 0 Å². The summed E-state index contributed by atoms with van der Waals surface area (Å²) in [7, 11) is 0. The van der Waals surface area contributed by atoms with Crippen molar-refractivity contribution in [2.45, 2.75) is 45.2 Å². The molecule has 0 spiro atoms. The molecule has 0 saturated heterocycles. The highest BCUT2D eigenvalue weighted by molar-refractivity contribution is 4.91. The first-order valence-corrected chi connectivity index (χ1v) is 4.43. The summed E-state index contributed by atoms with van der Waals surface area (Å²) in [6.45, 7) is 4.43. The van der Waals surface area contributed by atoms with Crippen LogP contribution in [0, 0.1) is 18.3 Å². The summed E-state index contributed by atoms with van der Waals surface area (Å²) in [5.41, 5.74) is 0. The standard InChI is InChI=1S/C10H17N/c1-4-5-8(2)9(3)11-10-6-7-10/h1,8-11H,5-7H2,2-3H3. The average Bonchev–Trinajstić information content (AvgIpc) is 2.72. The Bertz CT molecular complexity index is 153. The van der Waals surface area contributed by atoms with Gasteiger partial charge in [0.2, 0.25) is 0 Å². The van der Waals surface area contributed by atoms with E-state index in [1.54, 1.807) is 0 Å². The Morgan fingerprint density at radius 2 is 2.18 bits per heavy atom. The Morgan fingerprint density at radius 1 is 1.55 bits per heavy atom. The maximum atomic E-state index is 5.24. The van der Waals surface area contributed by atoms with E-state index in [2.05, 4.69) is 25.1 Å². The van der Waals surface area contributed by atoms with Crippen LogP contribution in [0.1, 0.15) is 33.1 Å². The molecule has 0 aromatic carbocycles. The molecule has 1 saturated carbocycles. The molecule has 0 bridgehead atoms. The van der Waals surface area contributed by atoms with Gasteiger partial charge in [0, 0.05) is 18.5 Å². The van der Waals surface area contributed by atoms with E-state index in [9.17, 15) is 0 Å². The summed E-state index contributed by atoms with van der Waals surface area (Å²) in [6, 6.07) is 1.38. The lowest BCUT2D eigenvalue weighted by Gasteiger charge is -2.18. The number of hydrogen-bond donors (Lipinski definition) is 1. The van der Waals surface area contributed by atoms with Gasteiger partial charge in [-0.2, -0.15) is 0 Å². The monoisotopic (exact) mass is 151 g/mol. The molecule has 1 aliphatic carbocycles. The van der Waals surface area contributed by atoms with E-state index in [1.807, 2.05) is 0 Å². The predicted octanol–water partition coefficient (Wildman–Crippen LogP) is 1.79. The van der Waals surface area contributed by atoms with Crippen LogP contribution in [0.5, 0.6) is 0 Å². The van der Waals surface area contributed by atoms with Crippen molar-refractivity contribution < 1.29 is 0 Å². The van der Waals surface area contributed by atoms with Gasteiger partial charge < -0.3 is 5.32 Å². The van der Waals surface area contributed by atoms with Crippen molar-refractivity contribution in [3.8, 4) is 12.3 Å². The second-order valence-corrected chi connectivity index (χ2v) is 3.62. The largest absolute Gasteiger partial charge is 0.311 e. The normalized spacial score (nSPS) is 22.3. The van der Waals surface area contributed by atoms with Gasteiger partial charge in [-0.3, -0.25) is 0 Å². The SMILES string of the molecule is C#CCC(C)C(C)NC1CC1. The lowest BCUT2D eigenvalue weighted by Crippen LogP contribution is -2.33. The molecule has 2 atom stereocenters. The molecule has 1 aliphatic rings. The molecular formula is C10H17N. The maximum Gasteiger partial charge on any atom is 0.0126 e. The first-order valence-electron chi connectivity index (χ1n) is 4.43. The molecule has 0 aliphatic heterocycles. The fourth-order valence-electron chi connectivity index (χ4n) is 1.15. The molecule has 0 amide bonds. The van der Waals surface area contributed by atoms with Crippen LogP contribution in [0.25, 0.3) is 0 Å². The van der Waals surface area contributed by atoms with Crippen LogP contribution in [-0.4, -0.2) is 12.1 Å². The van der Waals surface area contributed by atoms with Crippen LogP contribution < -0.4 is 5.32 Å². The zero-order valence-corrected chi connectivity index (χ0v) is 7.43. The highest BCUT2D eigenvalue weighted by atomic mass is 15.0. The molecular weight excluding hydrogens is 134 g/mol. The average molecular weight is 151 g/mol. The van der Waals surface area contributed by atoms with Crippen LogP contribution in [0.4, 0.5) is 0 Å². The van der Waals surface area contributed by atoms with Gasteiger partial charge in [-0.1, -0.05) is 6.92 Å². The highest BCUT2D eigenvalue weighted by Gasteiger charge is 2.24. The Balaban J connectivity index is 2.16. The molecule has 1 fully saturated rings. The van der Waals surface area contributed by atoms with Gasteiger partial charge in [-0.15, -0.1) is 12.3 Å². The summed E-state index contributed by atoms with van der Waals surface area (Å²) in [6.07, 6.45) is 8.83.